The summed E-state index contributed by atoms with van der Waals surface area (Å²) in [6.45, 7) is 2.08. The molecule has 0 aliphatic carbocycles. The van der Waals surface area contributed by atoms with Gasteiger partial charge in [0.25, 0.3) is 0 Å². The molecule has 0 spiro atoms. The number of rotatable bonds is 5. The number of nitrogens with one attached hydrogen (secondary N) is 2. The number of anilines is 2. The van der Waals surface area contributed by atoms with Crippen molar-refractivity contribution in [2.45, 2.75) is 11.8 Å². The van der Waals surface area contributed by atoms with Crippen LogP contribution in [0.5, 0.6) is 0 Å². The highest BCUT2D eigenvalue weighted by Gasteiger charge is 2.14. The molecule has 0 saturated heterocycles. The first-order valence-electron chi connectivity index (χ1n) is 5.20. The molecule has 96 valence electrons. The number of hydrogen-bond donors (Lipinski definition) is 3. The summed E-state index contributed by atoms with van der Waals surface area (Å²) in [6.07, 6.45) is 0. The maximum Gasteiger partial charge on any atom is 0.240 e. The van der Waals surface area contributed by atoms with Gasteiger partial charge in [0.1, 0.15) is 0 Å². The summed E-state index contributed by atoms with van der Waals surface area (Å²) < 4.78 is 26.0. The van der Waals surface area contributed by atoms with E-state index in [0.29, 0.717) is 17.9 Å². The summed E-state index contributed by atoms with van der Waals surface area (Å²) in [7, 11) is 0.144. The van der Waals surface area contributed by atoms with Gasteiger partial charge in [-0.2, -0.15) is 0 Å². The largest absolute Gasteiger partial charge is 0.397 e. The molecule has 4 N–H and O–H groups in total. The van der Waals surface area contributed by atoms with E-state index >= 15 is 0 Å². The van der Waals surface area contributed by atoms with E-state index < -0.39 is 10.0 Å². The van der Waals surface area contributed by atoms with E-state index in [2.05, 4.69) is 10.1 Å². The predicted molar refractivity (Wildman–Crippen MR) is 69.0 cm³/mol. The summed E-state index contributed by atoms with van der Waals surface area (Å²) in [5.74, 6) is 0. The van der Waals surface area contributed by atoms with Crippen LogP contribution in [0.3, 0.4) is 0 Å². The van der Waals surface area contributed by atoms with Gasteiger partial charge in [-0.25, -0.2) is 18.1 Å². The van der Waals surface area contributed by atoms with Crippen LogP contribution >= 0.6 is 0 Å². The Balaban J connectivity index is 3.12. The van der Waals surface area contributed by atoms with Crippen molar-refractivity contribution < 1.29 is 8.42 Å². The minimum atomic E-state index is -3.45. The fourth-order valence-electron chi connectivity index (χ4n) is 1.31. The van der Waals surface area contributed by atoms with Crippen molar-refractivity contribution >= 4 is 21.4 Å². The molecule has 1 aromatic carbocycles. The highest BCUT2D eigenvalue weighted by atomic mass is 32.2. The van der Waals surface area contributed by atoms with Crippen LogP contribution in [0.2, 0.25) is 0 Å². The smallest absolute Gasteiger partial charge is 0.240 e. The molecule has 0 fully saturated rings. The lowest BCUT2D eigenvalue weighted by molar-refractivity contribution is 0.495. The highest BCUT2D eigenvalue weighted by molar-refractivity contribution is 7.89. The Morgan fingerprint density at radius 3 is 2.53 bits per heavy atom. The molecule has 0 saturated carbocycles. The molecule has 0 unspecified atom stereocenters. The first kappa shape index (κ1) is 13.8. The second kappa shape index (κ2) is 5.35. The minimum absolute atomic E-state index is 0.193. The third-order valence-corrected chi connectivity index (χ3v) is 3.56. The molecule has 17 heavy (non-hydrogen) atoms. The van der Waals surface area contributed by atoms with E-state index in [1.165, 1.54) is 12.1 Å². The lowest BCUT2D eigenvalue weighted by atomic mass is 10.3. The SMILES string of the molecule is CCNS(=O)(=O)c1ccc(N)c(NN(C)C)c1. The number of hydrazine groups is 1. The van der Waals surface area contributed by atoms with Gasteiger partial charge < -0.3 is 11.2 Å². The predicted octanol–water partition coefficient (Wildman–Crippen LogP) is 0.455. The molecule has 0 atom stereocenters. The van der Waals surface area contributed by atoms with Gasteiger partial charge in [-0.3, -0.25) is 0 Å². The summed E-state index contributed by atoms with van der Waals surface area (Å²) in [5.41, 5.74) is 9.75. The normalized spacial score (nSPS) is 11.8. The standard InChI is InChI=1S/C10H18N4O2S/c1-4-12-17(15,16)8-5-6-9(11)10(7-8)13-14(2)3/h5-7,12-13H,4,11H2,1-3H3. The Hall–Kier alpha value is -1.31. The van der Waals surface area contributed by atoms with Crippen LogP contribution in [0.1, 0.15) is 6.92 Å². The molecular formula is C10H18N4O2S. The molecule has 1 rings (SSSR count). The van der Waals surface area contributed by atoms with Gasteiger partial charge in [-0.15, -0.1) is 0 Å². The fraction of sp³-hybridized carbons (Fsp3) is 0.400. The third kappa shape index (κ3) is 3.58. The first-order valence-corrected chi connectivity index (χ1v) is 6.68. The highest BCUT2D eigenvalue weighted by Crippen LogP contribution is 2.22. The first-order chi connectivity index (χ1) is 7.86. The number of benzene rings is 1. The van der Waals surface area contributed by atoms with Gasteiger partial charge in [0, 0.05) is 20.6 Å². The summed E-state index contributed by atoms with van der Waals surface area (Å²) in [4.78, 5) is 0.193. The monoisotopic (exact) mass is 258 g/mol. The van der Waals surface area contributed by atoms with Crippen molar-refractivity contribution in [1.29, 1.82) is 0 Å². The maximum atomic E-state index is 11.8. The summed E-state index contributed by atoms with van der Waals surface area (Å²) >= 11 is 0. The lowest BCUT2D eigenvalue weighted by Gasteiger charge is -2.16. The van der Waals surface area contributed by atoms with E-state index in [4.69, 9.17) is 5.73 Å². The van der Waals surface area contributed by atoms with Crippen LogP contribution in [0.25, 0.3) is 0 Å². The zero-order valence-corrected chi connectivity index (χ0v) is 11.0. The van der Waals surface area contributed by atoms with Crippen LogP contribution in [0, 0.1) is 0 Å². The van der Waals surface area contributed by atoms with Gasteiger partial charge >= 0.3 is 0 Å². The van der Waals surface area contributed by atoms with E-state index in [9.17, 15) is 8.42 Å². The average Bonchev–Trinajstić information content (AvgIpc) is 2.20. The lowest BCUT2D eigenvalue weighted by Crippen LogP contribution is -2.24. The van der Waals surface area contributed by atoms with Crippen LogP contribution in [0.15, 0.2) is 23.1 Å². The van der Waals surface area contributed by atoms with Gasteiger partial charge in [0.2, 0.25) is 10.0 Å². The molecule has 6 nitrogen and oxygen atoms in total. The van der Waals surface area contributed by atoms with Crippen molar-refractivity contribution in [3.8, 4) is 0 Å². The number of sulfonamides is 1. The molecule has 1 aromatic rings. The van der Waals surface area contributed by atoms with Crippen LogP contribution < -0.4 is 15.9 Å². The summed E-state index contributed by atoms with van der Waals surface area (Å²) in [6, 6.07) is 4.55. The van der Waals surface area contributed by atoms with Crippen molar-refractivity contribution in [3.05, 3.63) is 18.2 Å². The maximum absolute atomic E-state index is 11.8. The molecular weight excluding hydrogens is 240 g/mol. The molecule has 0 amide bonds. The number of hydrogen-bond acceptors (Lipinski definition) is 5. The number of nitrogens with two attached hydrogens (primary N) is 1. The van der Waals surface area contributed by atoms with Crippen molar-refractivity contribution in [1.82, 2.24) is 9.73 Å². The Bertz CT molecular complexity index is 485. The minimum Gasteiger partial charge on any atom is -0.397 e. The molecule has 0 aliphatic heterocycles. The molecule has 0 heterocycles. The van der Waals surface area contributed by atoms with Gasteiger partial charge in [0.15, 0.2) is 0 Å². The summed E-state index contributed by atoms with van der Waals surface area (Å²) in [5, 5.41) is 1.69. The van der Waals surface area contributed by atoms with E-state index in [0.717, 1.165) is 0 Å². The molecule has 0 bridgehead atoms. The fourth-order valence-corrected chi connectivity index (χ4v) is 2.38. The van der Waals surface area contributed by atoms with Crippen molar-refractivity contribution in [3.63, 3.8) is 0 Å². The van der Waals surface area contributed by atoms with Crippen molar-refractivity contribution in [2.24, 2.45) is 0 Å². The van der Waals surface area contributed by atoms with E-state index in [-0.39, 0.29) is 4.90 Å². The van der Waals surface area contributed by atoms with E-state index in [1.807, 2.05) is 0 Å². The second-order valence-electron chi connectivity index (χ2n) is 3.76. The molecule has 0 aromatic heterocycles. The Morgan fingerprint density at radius 1 is 1.35 bits per heavy atom. The molecule has 0 radical (unpaired) electrons. The second-order valence-corrected chi connectivity index (χ2v) is 5.52. The Labute approximate surface area is 102 Å². The topological polar surface area (TPSA) is 87.5 Å². The van der Waals surface area contributed by atoms with E-state index in [1.54, 1.807) is 32.1 Å². The van der Waals surface area contributed by atoms with Gasteiger partial charge in [0.05, 0.1) is 16.3 Å². The molecule has 0 aliphatic rings. The zero-order chi connectivity index (χ0) is 13.1. The number of nitrogen functional groups attached to an aromatic ring is 1. The van der Waals surface area contributed by atoms with Crippen LogP contribution in [-0.2, 0) is 10.0 Å². The Kier molecular flexibility index (Phi) is 4.33. The van der Waals surface area contributed by atoms with Crippen LogP contribution in [0.4, 0.5) is 11.4 Å². The quantitative estimate of drug-likeness (QED) is 0.527. The van der Waals surface area contributed by atoms with Gasteiger partial charge in [-0.1, -0.05) is 6.92 Å². The third-order valence-electron chi connectivity index (χ3n) is 2.01. The Morgan fingerprint density at radius 2 is 2.00 bits per heavy atom. The molecule has 7 heteroatoms. The average molecular weight is 258 g/mol. The van der Waals surface area contributed by atoms with Gasteiger partial charge in [-0.05, 0) is 18.2 Å². The number of nitrogens with zero attached hydrogens (tertiary/aromatic N) is 1. The van der Waals surface area contributed by atoms with Crippen LogP contribution in [-0.4, -0.2) is 34.1 Å². The zero-order valence-electron chi connectivity index (χ0n) is 10.2. The van der Waals surface area contributed by atoms with Crippen molar-refractivity contribution in [2.75, 3.05) is 31.8 Å².